The number of benzene rings is 1. The van der Waals surface area contributed by atoms with Crippen LogP contribution in [0, 0.1) is 11.6 Å². The van der Waals surface area contributed by atoms with E-state index in [4.69, 9.17) is 0 Å². The monoisotopic (exact) mass is 311 g/mol. The second kappa shape index (κ2) is 7.64. The summed E-state index contributed by atoms with van der Waals surface area (Å²) >= 11 is 1.73. The second-order valence-corrected chi connectivity index (χ2v) is 6.17. The van der Waals surface area contributed by atoms with Gasteiger partial charge in [-0.05, 0) is 49.0 Å². The molecular formula is C16H19F2NOS. The predicted octanol–water partition coefficient (Wildman–Crippen LogP) is 3.62. The summed E-state index contributed by atoms with van der Waals surface area (Å²) < 4.78 is 26.2. The van der Waals surface area contributed by atoms with Gasteiger partial charge in [-0.25, -0.2) is 8.78 Å². The average Bonchev–Trinajstić information content (AvgIpc) is 2.94. The Hall–Kier alpha value is -1.30. The Bertz CT molecular complexity index is 539. The quantitative estimate of drug-likeness (QED) is 0.844. The molecule has 0 fully saturated rings. The summed E-state index contributed by atoms with van der Waals surface area (Å²) in [5.41, 5.74) is 0.291. The number of thiophene rings is 1. The molecule has 1 unspecified atom stereocenters. The van der Waals surface area contributed by atoms with E-state index in [1.165, 1.54) is 17.0 Å². The van der Waals surface area contributed by atoms with Crippen LogP contribution < -0.4 is 0 Å². The summed E-state index contributed by atoms with van der Waals surface area (Å²) in [6, 6.07) is 7.30. The van der Waals surface area contributed by atoms with Crippen LogP contribution >= 0.6 is 11.3 Å². The third kappa shape index (κ3) is 5.19. The smallest absolute Gasteiger partial charge is 0.126 e. The van der Waals surface area contributed by atoms with Gasteiger partial charge >= 0.3 is 0 Å². The van der Waals surface area contributed by atoms with Crippen LogP contribution in [0.3, 0.4) is 0 Å². The van der Waals surface area contributed by atoms with Crippen molar-refractivity contribution in [3.63, 3.8) is 0 Å². The molecule has 0 aliphatic rings. The first-order chi connectivity index (χ1) is 10.0. The Kier molecular flexibility index (Phi) is 5.85. The minimum absolute atomic E-state index is 0.291. The fraction of sp³-hybridized carbons (Fsp3) is 0.375. The maximum absolute atomic E-state index is 13.1. The number of nitrogens with zero attached hydrogens (tertiary/aromatic N) is 1. The lowest BCUT2D eigenvalue weighted by Gasteiger charge is -2.18. The van der Waals surface area contributed by atoms with Crippen molar-refractivity contribution in [1.29, 1.82) is 0 Å². The van der Waals surface area contributed by atoms with Gasteiger partial charge in [0, 0.05) is 24.0 Å². The molecule has 5 heteroatoms. The van der Waals surface area contributed by atoms with E-state index < -0.39 is 17.7 Å². The van der Waals surface area contributed by atoms with E-state index in [9.17, 15) is 13.9 Å². The molecule has 114 valence electrons. The van der Waals surface area contributed by atoms with Crippen molar-refractivity contribution >= 4 is 11.3 Å². The van der Waals surface area contributed by atoms with Crippen LogP contribution in [-0.2, 0) is 6.42 Å². The molecule has 1 aromatic carbocycles. The van der Waals surface area contributed by atoms with Crippen LogP contribution in [0.2, 0.25) is 0 Å². The number of halogens is 2. The normalized spacial score (nSPS) is 12.8. The predicted molar refractivity (Wildman–Crippen MR) is 81.5 cm³/mol. The highest BCUT2D eigenvalue weighted by Crippen LogP contribution is 2.19. The summed E-state index contributed by atoms with van der Waals surface area (Å²) in [5.74, 6) is -1.31. The van der Waals surface area contributed by atoms with Crippen LogP contribution in [0.5, 0.6) is 0 Å². The number of aliphatic hydroxyl groups is 1. The van der Waals surface area contributed by atoms with E-state index in [1.807, 2.05) is 13.1 Å². The number of likely N-dealkylation sites (N-methyl/N-ethyl adjacent to an activating group) is 1. The zero-order valence-electron chi connectivity index (χ0n) is 11.9. The zero-order chi connectivity index (χ0) is 15.2. The number of hydrogen-bond donors (Lipinski definition) is 1. The highest BCUT2D eigenvalue weighted by Gasteiger charge is 2.11. The molecule has 0 saturated carbocycles. The van der Waals surface area contributed by atoms with Gasteiger partial charge in [0.25, 0.3) is 0 Å². The van der Waals surface area contributed by atoms with Gasteiger partial charge in [-0.2, -0.15) is 0 Å². The Balaban J connectivity index is 1.78. The molecule has 2 aromatic rings. The van der Waals surface area contributed by atoms with Crippen molar-refractivity contribution in [3.8, 4) is 0 Å². The average molecular weight is 311 g/mol. The van der Waals surface area contributed by atoms with Gasteiger partial charge in [0.1, 0.15) is 11.6 Å². The van der Waals surface area contributed by atoms with Crippen molar-refractivity contribution in [1.82, 2.24) is 4.90 Å². The van der Waals surface area contributed by atoms with Gasteiger partial charge in [0.2, 0.25) is 0 Å². The van der Waals surface area contributed by atoms with Crippen LogP contribution in [0.25, 0.3) is 0 Å². The fourth-order valence-corrected chi connectivity index (χ4v) is 2.84. The molecule has 0 spiro atoms. The van der Waals surface area contributed by atoms with E-state index in [0.717, 1.165) is 19.0 Å². The second-order valence-electron chi connectivity index (χ2n) is 5.14. The van der Waals surface area contributed by atoms with Crippen molar-refractivity contribution in [2.24, 2.45) is 0 Å². The summed E-state index contributed by atoms with van der Waals surface area (Å²) in [4.78, 5) is 3.44. The zero-order valence-corrected chi connectivity index (χ0v) is 12.7. The van der Waals surface area contributed by atoms with Crippen LogP contribution in [0.4, 0.5) is 8.78 Å². The Morgan fingerprint density at radius 2 is 1.90 bits per heavy atom. The number of rotatable bonds is 7. The maximum atomic E-state index is 13.1. The molecule has 21 heavy (non-hydrogen) atoms. The van der Waals surface area contributed by atoms with E-state index in [-0.39, 0.29) is 0 Å². The van der Waals surface area contributed by atoms with E-state index in [0.29, 0.717) is 18.5 Å². The van der Waals surface area contributed by atoms with Crippen molar-refractivity contribution < 1.29 is 13.9 Å². The summed E-state index contributed by atoms with van der Waals surface area (Å²) in [6.45, 7) is 1.56. The molecule has 0 saturated heterocycles. The van der Waals surface area contributed by atoms with Gasteiger partial charge < -0.3 is 10.0 Å². The lowest BCUT2D eigenvalue weighted by Crippen LogP contribution is -2.23. The van der Waals surface area contributed by atoms with Crippen LogP contribution in [0.1, 0.15) is 23.0 Å². The maximum Gasteiger partial charge on any atom is 0.126 e. The van der Waals surface area contributed by atoms with Crippen molar-refractivity contribution in [2.45, 2.75) is 18.9 Å². The van der Waals surface area contributed by atoms with Gasteiger partial charge in [-0.3, -0.25) is 0 Å². The molecule has 0 bridgehead atoms. The van der Waals surface area contributed by atoms with Crippen LogP contribution in [-0.4, -0.2) is 30.1 Å². The summed E-state index contributed by atoms with van der Waals surface area (Å²) in [7, 11) is 1.98. The van der Waals surface area contributed by atoms with Gasteiger partial charge in [-0.1, -0.05) is 6.07 Å². The molecule has 2 rings (SSSR count). The Morgan fingerprint density at radius 1 is 1.19 bits per heavy atom. The SMILES string of the molecule is CN(CCc1cccs1)CCC(O)c1cc(F)cc(F)c1. The lowest BCUT2D eigenvalue weighted by molar-refractivity contribution is 0.148. The lowest BCUT2D eigenvalue weighted by atomic mass is 10.1. The largest absolute Gasteiger partial charge is 0.388 e. The van der Waals surface area contributed by atoms with Crippen molar-refractivity contribution in [2.75, 3.05) is 20.1 Å². The molecule has 1 aromatic heterocycles. The molecule has 0 radical (unpaired) electrons. The number of hydrogen-bond acceptors (Lipinski definition) is 3. The van der Waals surface area contributed by atoms with Gasteiger partial charge in [0.15, 0.2) is 0 Å². The topological polar surface area (TPSA) is 23.5 Å². The van der Waals surface area contributed by atoms with Gasteiger partial charge in [0.05, 0.1) is 6.10 Å². The standard InChI is InChI=1S/C16H19F2NOS/c1-19(6-4-15-3-2-8-21-15)7-5-16(20)12-9-13(17)11-14(18)10-12/h2-3,8-11,16,20H,4-7H2,1H3. The summed E-state index contributed by atoms with van der Waals surface area (Å²) in [5, 5.41) is 12.1. The van der Waals surface area contributed by atoms with E-state index >= 15 is 0 Å². The first-order valence-corrected chi connectivity index (χ1v) is 7.77. The van der Waals surface area contributed by atoms with Gasteiger partial charge in [-0.15, -0.1) is 11.3 Å². The molecule has 1 atom stereocenters. The molecule has 1 N–H and O–H groups in total. The van der Waals surface area contributed by atoms with Crippen LogP contribution in [0.15, 0.2) is 35.7 Å². The molecule has 0 aliphatic heterocycles. The van der Waals surface area contributed by atoms with E-state index in [1.54, 1.807) is 11.3 Å². The Morgan fingerprint density at radius 3 is 2.52 bits per heavy atom. The molecule has 0 aliphatic carbocycles. The van der Waals surface area contributed by atoms with E-state index in [2.05, 4.69) is 16.3 Å². The Labute approximate surface area is 127 Å². The first kappa shape index (κ1) is 16.1. The third-order valence-corrected chi connectivity index (χ3v) is 4.31. The minimum Gasteiger partial charge on any atom is -0.388 e. The highest BCUT2D eigenvalue weighted by molar-refractivity contribution is 7.09. The molecule has 0 amide bonds. The molecule has 1 heterocycles. The molecular weight excluding hydrogens is 292 g/mol. The summed E-state index contributed by atoms with van der Waals surface area (Å²) in [6.07, 6.45) is 0.572. The first-order valence-electron chi connectivity index (χ1n) is 6.89. The number of aliphatic hydroxyl groups excluding tert-OH is 1. The highest BCUT2D eigenvalue weighted by atomic mass is 32.1. The minimum atomic E-state index is -0.848. The fourth-order valence-electron chi connectivity index (χ4n) is 2.14. The molecule has 2 nitrogen and oxygen atoms in total. The van der Waals surface area contributed by atoms with Crippen molar-refractivity contribution in [3.05, 3.63) is 57.8 Å². The third-order valence-electron chi connectivity index (χ3n) is 3.37.